The predicted octanol–water partition coefficient (Wildman–Crippen LogP) is 4.38. The number of benzene rings is 1. The molecule has 292 valence electrons. The SMILES string of the molecule is CCOC(=O)C(Cc1ccc(N)cc1)(OC[C@H]1O[C@@H](n2ncc3c(N4C[C@H]5CCC[C@H]5C4)cc(Cl)nc32)[C@H](OC(C)=O)C12COC(C)(C)O2)C(=O)OCC. The summed E-state index contributed by atoms with van der Waals surface area (Å²) in [5.41, 5.74) is 4.57. The number of aromatic nitrogens is 3. The van der Waals surface area contributed by atoms with E-state index in [2.05, 4.69) is 9.88 Å². The molecule has 3 saturated heterocycles. The Labute approximate surface area is 318 Å². The Bertz CT molecular complexity index is 1860. The third-order valence-electron chi connectivity index (χ3n) is 10.9. The number of hydrogen-bond acceptors (Lipinski definition) is 14. The predicted molar refractivity (Wildman–Crippen MR) is 195 cm³/mol. The van der Waals surface area contributed by atoms with Crippen molar-refractivity contribution in [2.24, 2.45) is 11.8 Å². The third-order valence-corrected chi connectivity index (χ3v) is 11.1. The molecule has 1 spiro atoms. The van der Waals surface area contributed by atoms with Crippen LogP contribution >= 0.6 is 11.6 Å². The van der Waals surface area contributed by atoms with Gasteiger partial charge in [-0.3, -0.25) is 4.79 Å². The van der Waals surface area contributed by atoms with Gasteiger partial charge in [-0.2, -0.15) is 5.10 Å². The minimum atomic E-state index is -2.26. The number of nitrogen functional groups attached to an aromatic ring is 1. The number of rotatable bonds is 12. The molecule has 4 aliphatic rings. The summed E-state index contributed by atoms with van der Waals surface area (Å²) in [7, 11) is 0. The minimum absolute atomic E-state index is 0.0284. The molecule has 15 nitrogen and oxygen atoms in total. The monoisotopic (exact) mass is 769 g/mol. The number of fused-ring (bicyclic) bond motifs is 2. The first-order chi connectivity index (χ1) is 25.8. The van der Waals surface area contributed by atoms with Crippen LogP contribution in [0.4, 0.5) is 11.4 Å². The number of carbonyl (C=O) groups excluding carboxylic acids is 3. The summed E-state index contributed by atoms with van der Waals surface area (Å²) in [6.07, 6.45) is 1.77. The second-order valence-corrected chi connectivity index (χ2v) is 15.3. The Balaban J connectivity index is 1.28. The molecule has 2 N–H and O–H groups in total. The van der Waals surface area contributed by atoms with Gasteiger partial charge in [-0.1, -0.05) is 30.2 Å². The summed E-state index contributed by atoms with van der Waals surface area (Å²) < 4.78 is 44.3. The van der Waals surface area contributed by atoms with Crippen LogP contribution in [0.25, 0.3) is 11.0 Å². The number of nitrogens with two attached hydrogens (primary N) is 1. The molecule has 1 aromatic carbocycles. The Morgan fingerprint density at radius 3 is 2.31 bits per heavy atom. The fourth-order valence-corrected chi connectivity index (χ4v) is 8.65. The Kier molecular flexibility index (Phi) is 10.6. The lowest BCUT2D eigenvalue weighted by atomic mass is 9.91. The summed E-state index contributed by atoms with van der Waals surface area (Å²) in [5, 5.41) is 5.77. The highest BCUT2D eigenvalue weighted by Gasteiger charge is 2.67. The van der Waals surface area contributed by atoms with Gasteiger partial charge in [-0.05, 0) is 76.1 Å². The highest BCUT2D eigenvalue weighted by Crippen LogP contribution is 2.50. The summed E-state index contributed by atoms with van der Waals surface area (Å²) in [4.78, 5) is 47.5. The molecule has 0 radical (unpaired) electrons. The zero-order chi connectivity index (χ0) is 38.4. The van der Waals surface area contributed by atoms with Crippen molar-refractivity contribution < 1.29 is 47.5 Å². The van der Waals surface area contributed by atoms with Gasteiger partial charge >= 0.3 is 17.9 Å². The zero-order valence-corrected chi connectivity index (χ0v) is 32.0. The van der Waals surface area contributed by atoms with E-state index in [0.29, 0.717) is 28.7 Å². The van der Waals surface area contributed by atoms with Gasteiger partial charge in [-0.15, -0.1) is 0 Å². The molecule has 1 aliphatic carbocycles. The lowest BCUT2D eigenvalue weighted by Crippen LogP contribution is -2.58. The van der Waals surface area contributed by atoms with Crippen molar-refractivity contribution in [3.05, 3.63) is 47.2 Å². The molecular formula is C38H48ClN5O10. The van der Waals surface area contributed by atoms with Crippen LogP contribution in [0.3, 0.4) is 0 Å². The first-order valence-electron chi connectivity index (χ1n) is 18.6. The van der Waals surface area contributed by atoms with Crippen molar-refractivity contribution >= 4 is 51.9 Å². The molecule has 5 heterocycles. The normalized spacial score (nSPS) is 27.4. The first-order valence-corrected chi connectivity index (χ1v) is 18.9. The molecule has 16 heteroatoms. The summed E-state index contributed by atoms with van der Waals surface area (Å²) >= 11 is 6.69. The molecule has 54 heavy (non-hydrogen) atoms. The Hall–Kier alpha value is -4.02. The molecule has 3 aromatic rings. The molecule has 0 amide bonds. The third kappa shape index (κ3) is 7.00. The highest BCUT2D eigenvalue weighted by atomic mass is 35.5. The largest absolute Gasteiger partial charge is 0.463 e. The van der Waals surface area contributed by atoms with Gasteiger partial charge < -0.3 is 43.8 Å². The lowest BCUT2D eigenvalue weighted by Gasteiger charge is -2.35. The van der Waals surface area contributed by atoms with Crippen molar-refractivity contribution in [3.8, 4) is 0 Å². The van der Waals surface area contributed by atoms with Crippen LogP contribution < -0.4 is 10.6 Å². The quantitative estimate of drug-likeness (QED) is 0.0903. The molecule has 4 fully saturated rings. The van der Waals surface area contributed by atoms with E-state index in [0.717, 1.165) is 24.2 Å². The standard InChI is InChI=1S/C38H48ClN5O10/c1-6-48-34(46)37(35(47)49-7-2,16-23-11-13-26(40)14-12-23)50-20-29-38(21-51-36(4,5)54-38)31(52-22(3)45)33(53-29)44-32-27(17-41-44)28(15-30(39)42-32)43-18-24-9-8-10-25(24)19-43/h11-15,17,24-25,29,31,33H,6-10,16,18-21,40H2,1-5H3/t24-,25+,29-,31+,33-,38?/m1/s1. The van der Waals surface area contributed by atoms with Crippen LogP contribution in [0.15, 0.2) is 36.5 Å². The Morgan fingerprint density at radius 1 is 1.06 bits per heavy atom. The van der Waals surface area contributed by atoms with Gasteiger partial charge in [0.1, 0.15) is 11.3 Å². The average Bonchev–Trinajstić information content (AvgIpc) is 3.94. The maximum Gasteiger partial charge on any atom is 0.350 e. The maximum absolute atomic E-state index is 13.8. The van der Waals surface area contributed by atoms with Crippen molar-refractivity contribution in [2.45, 2.75) is 95.7 Å². The van der Waals surface area contributed by atoms with Gasteiger partial charge in [-0.25, -0.2) is 19.3 Å². The number of anilines is 2. The van der Waals surface area contributed by atoms with E-state index in [1.165, 1.54) is 30.9 Å². The highest BCUT2D eigenvalue weighted by molar-refractivity contribution is 6.30. The minimum Gasteiger partial charge on any atom is -0.463 e. The summed E-state index contributed by atoms with van der Waals surface area (Å²) in [6, 6.07) is 8.54. The van der Waals surface area contributed by atoms with E-state index in [9.17, 15) is 14.4 Å². The molecular weight excluding hydrogens is 722 g/mol. The number of hydrogen-bond donors (Lipinski definition) is 1. The second-order valence-electron chi connectivity index (χ2n) is 14.9. The zero-order valence-electron chi connectivity index (χ0n) is 31.2. The molecule has 6 atom stereocenters. The Morgan fingerprint density at radius 2 is 1.72 bits per heavy atom. The van der Waals surface area contributed by atoms with E-state index >= 15 is 0 Å². The van der Waals surface area contributed by atoms with Crippen molar-refractivity contribution in [3.63, 3.8) is 0 Å². The van der Waals surface area contributed by atoms with Gasteiger partial charge in [0.05, 0.1) is 43.7 Å². The van der Waals surface area contributed by atoms with E-state index in [-0.39, 0.29) is 31.4 Å². The number of halogens is 1. The molecule has 1 unspecified atom stereocenters. The van der Waals surface area contributed by atoms with Gasteiger partial charge in [0.2, 0.25) is 0 Å². The van der Waals surface area contributed by atoms with Crippen LogP contribution in [0.2, 0.25) is 5.15 Å². The number of nitrogens with zero attached hydrogens (tertiary/aromatic N) is 4. The molecule has 3 aliphatic heterocycles. The average molecular weight is 770 g/mol. The summed E-state index contributed by atoms with van der Waals surface area (Å²) in [5.74, 6) is -2.38. The molecule has 7 rings (SSSR count). The van der Waals surface area contributed by atoms with E-state index in [1.54, 1.807) is 58.2 Å². The van der Waals surface area contributed by atoms with Crippen LogP contribution in [-0.4, -0.2) is 101 Å². The number of pyridine rings is 1. The molecule has 2 aromatic heterocycles. The fraction of sp³-hybridized carbons (Fsp3) is 0.605. The maximum atomic E-state index is 13.8. The van der Waals surface area contributed by atoms with Crippen LogP contribution in [0.1, 0.15) is 65.7 Å². The lowest BCUT2D eigenvalue weighted by molar-refractivity contribution is -0.212. The fourth-order valence-electron chi connectivity index (χ4n) is 8.47. The van der Waals surface area contributed by atoms with Crippen molar-refractivity contribution in [2.75, 3.05) is 50.2 Å². The van der Waals surface area contributed by atoms with E-state index < -0.39 is 59.9 Å². The van der Waals surface area contributed by atoms with Crippen molar-refractivity contribution in [1.82, 2.24) is 14.8 Å². The van der Waals surface area contributed by atoms with Crippen LogP contribution in [-0.2, 0) is 54.0 Å². The number of esters is 3. The topological polar surface area (TPSA) is 176 Å². The van der Waals surface area contributed by atoms with Crippen molar-refractivity contribution in [1.29, 1.82) is 0 Å². The van der Waals surface area contributed by atoms with Gasteiger partial charge in [0.25, 0.3) is 5.60 Å². The van der Waals surface area contributed by atoms with E-state index in [4.69, 9.17) is 55.6 Å². The number of carbonyl (C=O) groups is 3. The second kappa shape index (κ2) is 14.9. The molecule has 0 bridgehead atoms. The van der Waals surface area contributed by atoms with Crippen LogP contribution in [0.5, 0.6) is 0 Å². The molecule has 1 saturated carbocycles. The van der Waals surface area contributed by atoms with Gasteiger partial charge in [0, 0.05) is 32.1 Å². The number of ether oxygens (including phenoxy) is 7. The first kappa shape index (κ1) is 38.3. The van der Waals surface area contributed by atoms with Gasteiger partial charge in [0.15, 0.2) is 29.4 Å². The smallest absolute Gasteiger partial charge is 0.350 e. The summed E-state index contributed by atoms with van der Waals surface area (Å²) in [6.45, 7) is 9.25. The van der Waals surface area contributed by atoms with Crippen LogP contribution in [0, 0.1) is 11.8 Å². The van der Waals surface area contributed by atoms with E-state index in [1.807, 2.05) is 6.07 Å².